The molecule has 0 unspecified atom stereocenters. The summed E-state index contributed by atoms with van der Waals surface area (Å²) >= 11 is 3.71. The molecule has 2 aliphatic rings. The topological polar surface area (TPSA) is 57.8 Å². The van der Waals surface area contributed by atoms with Crippen LogP contribution in [0.3, 0.4) is 0 Å². The molecule has 196 valence electrons. The molecule has 1 atom stereocenters. The summed E-state index contributed by atoms with van der Waals surface area (Å²) in [5, 5.41) is 8.64. The molecule has 2 aliphatic heterocycles. The summed E-state index contributed by atoms with van der Waals surface area (Å²) in [6.07, 6.45) is 0. The summed E-state index contributed by atoms with van der Waals surface area (Å²) in [4.78, 5) is 12.7. The Balaban J connectivity index is 1.50. The fourth-order valence-corrected chi connectivity index (χ4v) is 6.14. The number of rotatable bonds is 3. The normalized spacial score (nSPS) is 15.5. The molecule has 0 aliphatic carbocycles. The lowest BCUT2D eigenvalue weighted by Crippen LogP contribution is -2.46. The molecule has 0 saturated heterocycles. The van der Waals surface area contributed by atoms with Crippen molar-refractivity contribution in [3.05, 3.63) is 129 Å². The summed E-state index contributed by atoms with van der Waals surface area (Å²) in [7, 11) is 0. The molecule has 7 heteroatoms. The number of fused-ring (bicyclic) bond motifs is 4. The molecule has 5 aromatic rings. The zero-order valence-corrected chi connectivity index (χ0v) is 24.0. The highest BCUT2D eigenvalue weighted by Gasteiger charge is 2.41. The number of hydrogen-bond acceptors (Lipinski definition) is 5. The molecule has 3 heterocycles. The van der Waals surface area contributed by atoms with Crippen LogP contribution in [0.4, 0.5) is 22.9 Å². The smallest absolute Gasteiger partial charge is 0.179 e. The number of aliphatic imine (C=N–C) groups is 2. The van der Waals surface area contributed by atoms with Crippen molar-refractivity contribution in [1.82, 2.24) is 9.78 Å². The maximum absolute atomic E-state index is 5.32. The Morgan fingerprint density at radius 1 is 0.775 bits per heavy atom. The summed E-state index contributed by atoms with van der Waals surface area (Å²) in [5.41, 5.74) is 9.39. The number of amidine groups is 2. The van der Waals surface area contributed by atoms with Gasteiger partial charge in [0.05, 0.1) is 28.8 Å². The summed E-state index contributed by atoms with van der Waals surface area (Å²) in [6.45, 7) is 6.29. The van der Waals surface area contributed by atoms with Gasteiger partial charge in [-0.05, 0) is 86.0 Å². The van der Waals surface area contributed by atoms with Crippen LogP contribution in [0.15, 0.2) is 112 Å². The van der Waals surface area contributed by atoms with Crippen LogP contribution < -0.4 is 10.2 Å². The number of nitrogens with one attached hydrogen (secondary N) is 1. The fraction of sp³-hybridized carbons (Fsp3) is 0.121. The van der Waals surface area contributed by atoms with E-state index in [1.54, 1.807) is 0 Å². The maximum atomic E-state index is 5.32. The van der Waals surface area contributed by atoms with Crippen molar-refractivity contribution in [1.29, 1.82) is 0 Å². The lowest BCUT2D eigenvalue weighted by molar-refractivity contribution is 0.815. The van der Waals surface area contributed by atoms with Crippen molar-refractivity contribution < 1.29 is 0 Å². The Bertz CT molecular complexity index is 1820. The minimum Gasteiger partial charge on any atom is -0.337 e. The van der Waals surface area contributed by atoms with Gasteiger partial charge in [-0.3, -0.25) is 0 Å². The van der Waals surface area contributed by atoms with E-state index in [2.05, 4.69) is 120 Å². The number of aromatic nitrogens is 2. The Kier molecular flexibility index (Phi) is 5.90. The molecule has 0 amide bonds. The van der Waals surface area contributed by atoms with Crippen molar-refractivity contribution in [2.24, 2.45) is 9.98 Å². The van der Waals surface area contributed by atoms with Crippen LogP contribution >= 0.6 is 15.9 Å². The standard InChI is InChI=1S/C33H27BrN6/c1-20-16-21(2)18-25(17-20)35-31-33-37-32-29(22(3)38-40(32)26-12-5-4-6-13-26)30(23-10-9-11-24(34)19-23)39(33)28-15-8-7-14-27(28)36-31/h4-19,30H,1-3H3,(H,35,36)/t30-/m1/s1. The van der Waals surface area contributed by atoms with E-state index in [1.807, 2.05) is 28.9 Å². The molecule has 0 saturated carbocycles. The lowest BCUT2D eigenvalue weighted by atomic mass is 9.93. The second kappa shape index (κ2) is 9.61. The molecule has 40 heavy (non-hydrogen) atoms. The predicted molar refractivity (Wildman–Crippen MR) is 167 cm³/mol. The Morgan fingerprint density at radius 3 is 2.30 bits per heavy atom. The molecule has 6 nitrogen and oxygen atoms in total. The van der Waals surface area contributed by atoms with Crippen molar-refractivity contribution in [2.75, 3.05) is 10.2 Å². The Morgan fingerprint density at radius 2 is 1.52 bits per heavy atom. The van der Waals surface area contributed by atoms with E-state index >= 15 is 0 Å². The van der Waals surface area contributed by atoms with Gasteiger partial charge in [0.15, 0.2) is 17.5 Å². The van der Waals surface area contributed by atoms with Crippen LogP contribution in [0.2, 0.25) is 0 Å². The first kappa shape index (κ1) is 24.5. The van der Waals surface area contributed by atoms with Crippen LogP contribution in [-0.4, -0.2) is 21.5 Å². The fourth-order valence-electron chi connectivity index (χ4n) is 5.72. The van der Waals surface area contributed by atoms with E-state index in [-0.39, 0.29) is 6.04 Å². The highest BCUT2D eigenvalue weighted by molar-refractivity contribution is 9.10. The van der Waals surface area contributed by atoms with Gasteiger partial charge in [0.25, 0.3) is 0 Å². The van der Waals surface area contributed by atoms with Crippen molar-refractivity contribution in [3.8, 4) is 5.69 Å². The third-order valence-corrected chi connectivity index (χ3v) is 7.78. The molecule has 1 aromatic heterocycles. The van der Waals surface area contributed by atoms with Crippen molar-refractivity contribution in [3.63, 3.8) is 0 Å². The van der Waals surface area contributed by atoms with Gasteiger partial charge in [0, 0.05) is 15.7 Å². The minimum atomic E-state index is -0.162. The van der Waals surface area contributed by atoms with Crippen LogP contribution in [-0.2, 0) is 0 Å². The van der Waals surface area contributed by atoms with Crippen molar-refractivity contribution in [2.45, 2.75) is 26.8 Å². The quantitative estimate of drug-likeness (QED) is 0.231. The first-order valence-electron chi connectivity index (χ1n) is 13.3. The van der Waals surface area contributed by atoms with Gasteiger partial charge in [-0.15, -0.1) is 0 Å². The van der Waals surface area contributed by atoms with Crippen LogP contribution in [0, 0.1) is 20.8 Å². The number of benzene rings is 4. The molecule has 0 radical (unpaired) electrons. The largest absolute Gasteiger partial charge is 0.337 e. The SMILES string of the molecule is Cc1cc(C)cc(NC2=Nc3ccccc3N3C2=Nc2c(c(C)nn2-c2ccccc2)[C@H]3c2cccc(Br)c2)c1. The number of aryl methyl sites for hydroxylation is 3. The number of anilines is 2. The number of hydrogen-bond donors (Lipinski definition) is 1. The minimum absolute atomic E-state index is 0.162. The molecule has 0 bridgehead atoms. The Hall–Kier alpha value is -4.49. The molecule has 0 spiro atoms. The van der Waals surface area contributed by atoms with Crippen LogP contribution in [0.25, 0.3) is 5.69 Å². The zero-order valence-electron chi connectivity index (χ0n) is 22.4. The molecule has 0 fully saturated rings. The van der Waals surface area contributed by atoms with E-state index in [0.717, 1.165) is 55.7 Å². The molecule has 4 aromatic carbocycles. The molecule has 7 rings (SSSR count). The van der Waals surface area contributed by atoms with Gasteiger partial charge < -0.3 is 10.2 Å². The molecular formula is C33H27BrN6. The molecule has 1 N–H and O–H groups in total. The average Bonchev–Trinajstić information content (AvgIpc) is 3.28. The molecular weight excluding hydrogens is 560 g/mol. The average molecular weight is 588 g/mol. The third kappa shape index (κ3) is 4.14. The summed E-state index contributed by atoms with van der Waals surface area (Å²) in [5.74, 6) is 2.27. The summed E-state index contributed by atoms with van der Waals surface area (Å²) < 4.78 is 2.98. The maximum Gasteiger partial charge on any atom is 0.179 e. The number of halogens is 1. The highest BCUT2D eigenvalue weighted by Crippen LogP contribution is 2.48. The Labute approximate surface area is 241 Å². The first-order valence-corrected chi connectivity index (χ1v) is 14.1. The van der Waals surface area contributed by atoms with Gasteiger partial charge in [0.2, 0.25) is 0 Å². The van der Waals surface area contributed by atoms with Gasteiger partial charge in [-0.1, -0.05) is 64.5 Å². The van der Waals surface area contributed by atoms with Crippen molar-refractivity contribution >= 4 is 50.5 Å². The van der Waals surface area contributed by atoms with E-state index in [0.29, 0.717) is 5.84 Å². The second-order valence-electron chi connectivity index (χ2n) is 10.3. The van der Waals surface area contributed by atoms with Crippen LogP contribution in [0.5, 0.6) is 0 Å². The van der Waals surface area contributed by atoms with Crippen LogP contribution in [0.1, 0.15) is 34.0 Å². The lowest BCUT2D eigenvalue weighted by Gasteiger charge is -2.40. The van der Waals surface area contributed by atoms with Gasteiger partial charge in [0.1, 0.15) is 0 Å². The number of nitrogens with zero attached hydrogens (tertiary/aromatic N) is 5. The van der Waals surface area contributed by atoms with E-state index in [4.69, 9.17) is 15.1 Å². The third-order valence-electron chi connectivity index (χ3n) is 7.29. The predicted octanol–water partition coefficient (Wildman–Crippen LogP) is 8.36. The monoisotopic (exact) mass is 586 g/mol. The van der Waals surface area contributed by atoms with Gasteiger partial charge in [-0.25, -0.2) is 14.7 Å². The van der Waals surface area contributed by atoms with E-state index in [1.165, 1.54) is 11.1 Å². The zero-order chi connectivity index (χ0) is 27.4. The van der Waals surface area contributed by atoms with E-state index < -0.39 is 0 Å². The first-order chi connectivity index (χ1) is 19.5. The van der Waals surface area contributed by atoms with Gasteiger partial charge in [-0.2, -0.15) is 5.10 Å². The van der Waals surface area contributed by atoms with E-state index in [9.17, 15) is 0 Å². The van der Waals surface area contributed by atoms with Gasteiger partial charge >= 0.3 is 0 Å². The highest BCUT2D eigenvalue weighted by atomic mass is 79.9. The second-order valence-corrected chi connectivity index (χ2v) is 11.2. The number of para-hydroxylation sites is 3. The summed E-state index contributed by atoms with van der Waals surface area (Å²) in [6, 6.07) is 33.2.